The predicted octanol–water partition coefficient (Wildman–Crippen LogP) is 3.91. The first-order valence-corrected chi connectivity index (χ1v) is 6.84. The van der Waals surface area contributed by atoms with Crippen molar-refractivity contribution in [2.75, 3.05) is 5.73 Å². The molecule has 2 heterocycles. The van der Waals surface area contributed by atoms with Gasteiger partial charge in [0, 0.05) is 17.0 Å². The Morgan fingerprint density at radius 3 is 2.38 bits per heavy atom. The lowest BCUT2D eigenvalue weighted by molar-refractivity contribution is 0.446. The van der Waals surface area contributed by atoms with Gasteiger partial charge >= 0.3 is 0 Å². The van der Waals surface area contributed by atoms with Crippen LogP contribution in [0.1, 0.15) is 4.88 Å². The Hall–Kier alpha value is -2.28. The lowest BCUT2D eigenvalue weighted by Gasteiger charge is -2.02. The van der Waals surface area contributed by atoms with E-state index in [9.17, 15) is 13.2 Å². The molecule has 0 amide bonds. The van der Waals surface area contributed by atoms with Crippen molar-refractivity contribution in [3.05, 3.63) is 52.8 Å². The lowest BCUT2D eigenvalue weighted by Crippen LogP contribution is -1.99. The lowest BCUT2D eigenvalue weighted by atomic mass is 10.3. The highest BCUT2D eigenvalue weighted by molar-refractivity contribution is 7.15. The van der Waals surface area contributed by atoms with Crippen molar-refractivity contribution < 1.29 is 13.2 Å². The van der Waals surface area contributed by atoms with Crippen LogP contribution in [0.4, 0.5) is 18.9 Å². The average molecular weight is 309 g/mol. The smallest absolute Gasteiger partial charge is 0.194 e. The van der Waals surface area contributed by atoms with Gasteiger partial charge in [0.05, 0.1) is 22.4 Å². The number of aromatic nitrogens is 2. The molecule has 108 valence electrons. The topological polar surface area (TPSA) is 43.8 Å². The normalized spacial score (nSPS) is 11.0. The molecule has 2 aromatic heterocycles. The summed E-state index contributed by atoms with van der Waals surface area (Å²) in [6.45, 7) is 1.95. The third kappa shape index (κ3) is 2.40. The summed E-state index contributed by atoms with van der Waals surface area (Å²) in [7, 11) is 0. The number of hydrogen-bond acceptors (Lipinski definition) is 3. The number of benzene rings is 1. The van der Waals surface area contributed by atoms with E-state index in [0.29, 0.717) is 11.4 Å². The van der Waals surface area contributed by atoms with Crippen LogP contribution in [0.3, 0.4) is 0 Å². The molecule has 2 N–H and O–H groups in total. The van der Waals surface area contributed by atoms with Crippen molar-refractivity contribution in [2.45, 2.75) is 6.92 Å². The molecule has 0 aliphatic heterocycles. The molecule has 3 rings (SSSR count). The monoisotopic (exact) mass is 309 g/mol. The van der Waals surface area contributed by atoms with E-state index in [-0.39, 0.29) is 5.69 Å². The summed E-state index contributed by atoms with van der Waals surface area (Å²) in [6.07, 6.45) is 1.44. The second-order valence-electron chi connectivity index (χ2n) is 4.51. The summed E-state index contributed by atoms with van der Waals surface area (Å²) in [5.41, 5.74) is 6.86. The van der Waals surface area contributed by atoms with Gasteiger partial charge in [-0.2, -0.15) is 5.10 Å². The average Bonchev–Trinajstić information content (AvgIpc) is 3.01. The maximum atomic E-state index is 13.3. The summed E-state index contributed by atoms with van der Waals surface area (Å²) in [6, 6.07) is 5.53. The first-order chi connectivity index (χ1) is 9.95. The molecule has 21 heavy (non-hydrogen) atoms. The van der Waals surface area contributed by atoms with Gasteiger partial charge in [0.2, 0.25) is 0 Å². The number of nitrogens with zero attached hydrogens (tertiary/aromatic N) is 2. The molecule has 3 aromatic rings. The fraction of sp³-hybridized carbons (Fsp3) is 0.0714. The molecule has 0 spiro atoms. The summed E-state index contributed by atoms with van der Waals surface area (Å²) in [5.74, 6) is -4.05. The second-order valence-corrected chi connectivity index (χ2v) is 5.80. The van der Waals surface area contributed by atoms with E-state index < -0.39 is 17.5 Å². The SMILES string of the molecule is Cc1ccc(-c2nn(-c3cc(F)c(F)c(F)c3)cc2N)s1. The molecular formula is C14H10F3N3S. The van der Waals surface area contributed by atoms with E-state index >= 15 is 0 Å². The molecule has 0 bridgehead atoms. The van der Waals surface area contributed by atoms with Crippen molar-refractivity contribution in [3.63, 3.8) is 0 Å². The molecule has 0 fully saturated rings. The highest BCUT2D eigenvalue weighted by atomic mass is 32.1. The van der Waals surface area contributed by atoms with Gasteiger partial charge in [-0.1, -0.05) is 0 Å². The van der Waals surface area contributed by atoms with Crippen molar-refractivity contribution in [2.24, 2.45) is 0 Å². The van der Waals surface area contributed by atoms with Gasteiger partial charge < -0.3 is 5.73 Å². The number of nitrogens with two attached hydrogens (primary N) is 1. The van der Waals surface area contributed by atoms with Gasteiger partial charge in [0.25, 0.3) is 0 Å². The molecule has 0 saturated carbocycles. The molecular weight excluding hydrogens is 299 g/mol. The standard InChI is InChI=1S/C14H10F3N3S/c1-7-2-3-12(21-7)14-11(18)6-20(19-14)8-4-9(15)13(17)10(16)5-8/h2-6H,18H2,1H3. The van der Waals surface area contributed by atoms with Crippen LogP contribution in [-0.4, -0.2) is 9.78 Å². The zero-order valence-electron chi connectivity index (χ0n) is 10.9. The van der Waals surface area contributed by atoms with Crippen LogP contribution in [0.2, 0.25) is 0 Å². The third-order valence-corrected chi connectivity index (χ3v) is 3.96. The van der Waals surface area contributed by atoms with Crippen molar-refractivity contribution in [1.82, 2.24) is 9.78 Å². The number of hydrogen-bond donors (Lipinski definition) is 1. The quantitative estimate of drug-likeness (QED) is 0.729. The maximum absolute atomic E-state index is 13.3. The van der Waals surface area contributed by atoms with E-state index in [1.54, 1.807) is 0 Å². The number of halogens is 3. The molecule has 7 heteroatoms. The first-order valence-electron chi connectivity index (χ1n) is 6.02. The van der Waals surface area contributed by atoms with Crippen LogP contribution in [-0.2, 0) is 0 Å². The van der Waals surface area contributed by atoms with E-state index in [1.165, 1.54) is 22.2 Å². The summed E-state index contributed by atoms with van der Waals surface area (Å²) >= 11 is 1.51. The Kier molecular flexibility index (Phi) is 3.21. The van der Waals surface area contributed by atoms with Crippen LogP contribution in [0.5, 0.6) is 0 Å². The minimum Gasteiger partial charge on any atom is -0.396 e. The number of anilines is 1. The highest BCUT2D eigenvalue weighted by Gasteiger charge is 2.15. The summed E-state index contributed by atoms with van der Waals surface area (Å²) in [5, 5.41) is 4.22. The van der Waals surface area contributed by atoms with Crippen molar-refractivity contribution in [1.29, 1.82) is 0 Å². The van der Waals surface area contributed by atoms with Gasteiger partial charge in [-0.05, 0) is 19.1 Å². The van der Waals surface area contributed by atoms with Crippen LogP contribution in [0.15, 0.2) is 30.5 Å². The molecule has 0 atom stereocenters. The molecule has 0 saturated heterocycles. The van der Waals surface area contributed by atoms with Gasteiger partial charge in [-0.15, -0.1) is 11.3 Å². The van der Waals surface area contributed by atoms with Crippen LogP contribution >= 0.6 is 11.3 Å². The second kappa shape index (κ2) is 4.92. The largest absolute Gasteiger partial charge is 0.396 e. The number of nitrogen functional groups attached to an aromatic ring is 1. The fourth-order valence-electron chi connectivity index (χ4n) is 1.95. The Balaban J connectivity index is 2.09. The van der Waals surface area contributed by atoms with Crippen LogP contribution in [0, 0.1) is 24.4 Å². The number of thiophene rings is 1. The zero-order chi connectivity index (χ0) is 15.1. The third-order valence-electron chi connectivity index (χ3n) is 2.95. The molecule has 1 aromatic carbocycles. The van der Waals surface area contributed by atoms with E-state index in [2.05, 4.69) is 5.10 Å². The molecule has 0 unspecified atom stereocenters. The molecule has 0 aliphatic rings. The Morgan fingerprint density at radius 1 is 1.14 bits per heavy atom. The number of aryl methyl sites for hydroxylation is 1. The maximum Gasteiger partial charge on any atom is 0.194 e. The zero-order valence-corrected chi connectivity index (χ0v) is 11.7. The molecule has 0 aliphatic carbocycles. The minimum absolute atomic E-state index is 0.0672. The van der Waals surface area contributed by atoms with Crippen molar-refractivity contribution in [3.8, 4) is 16.3 Å². The van der Waals surface area contributed by atoms with Gasteiger partial charge in [-0.25, -0.2) is 17.9 Å². The van der Waals surface area contributed by atoms with Crippen LogP contribution < -0.4 is 5.73 Å². The van der Waals surface area contributed by atoms with E-state index in [4.69, 9.17) is 5.73 Å². The van der Waals surface area contributed by atoms with E-state index in [0.717, 1.165) is 21.9 Å². The van der Waals surface area contributed by atoms with Gasteiger partial charge in [0.1, 0.15) is 5.69 Å². The Bertz CT molecular complexity index is 800. The summed E-state index contributed by atoms with van der Waals surface area (Å²) < 4.78 is 40.8. The van der Waals surface area contributed by atoms with Crippen LogP contribution in [0.25, 0.3) is 16.3 Å². The predicted molar refractivity (Wildman–Crippen MR) is 75.9 cm³/mol. The van der Waals surface area contributed by atoms with E-state index in [1.807, 2.05) is 19.1 Å². The molecule has 0 radical (unpaired) electrons. The fourth-order valence-corrected chi connectivity index (χ4v) is 2.82. The number of rotatable bonds is 2. The Morgan fingerprint density at radius 2 is 1.81 bits per heavy atom. The highest BCUT2D eigenvalue weighted by Crippen LogP contribution is 2.31. The van der Waals surface area contributed by atoms with Gasteiger partial charge in [0.15, 0.2) is 17.5 Å². The Labute approximate surface area is 122 Å². The van der Waals surface area contributed by atoms with Gasteiger partial charge in [-0.3, -0.25) is 0 Å². The minimum atomic E-state index is -1.51. The summed E-state index contributed by atoms with van der Waals surface area (Å²) in [4.78, 5) is 1.95. The molecule has 3 nitrogen and oxygen atoms in total. The van der Waals surface area contributed by atoms with Crippen molar-refractivity contribution >= 4 is 17.0 Å². The first kappa shape index (κ1) is 13.7.